The summed E-state index contributed by atoms with van der Waals surface area (Å²) in [5, 5.41) is 3.61. The molecule has 0 bridgehead atoms. The Bertz CT molecular complexity index is 334. The summed E-state index contributed by atoms with van der Waals surface area (Å²) in [7, 11) is 0. The van der Waals surface area contributed by atoms with Crippen LogP contribution < -0.4 is 5.32 Å². The van der Waals surface area contributed by atoms with Crippen LogP contribution in [-0.2, 0) is 6.42 Å². The molecule has 1 N–H and O–H groups in total. The Morgan fingerprint density at radius 2 is 1.74 bits per heavy atom. The molecule has 0 heterocycles. The first-order chi connectivity index (χ1) is 9.21. The quantitative estimate of drug-likeness (QED) is 0.704. The lowest BCUT2D eigenvalue weighted by Gasteiger charge is -2.19. The Labute approximate surface area is 123 Å². The number of aryl methyl sites for hydroxylation is 1. The second kappa shape index (κ2) is 9.44. The minimum Gasteiger partial charge on any atom is -0.310 e. The molecule has 0 aliphatic carbocycles. The number of rotatable bonds is 9. The van der Waals surface area contributed by atoms with Crippen molar-refractivity contribution in [3.63, 3.8) is 0 Å². The lowest BCUT2D eigenvalue weighted by molar-refractivity contribution is 0.601. The Hall–Kier alpha value is -0.470. The van der Waals surface area contributed by atoms with Gasteiger partial charge in [-0.15, -0.1) is 0 Å². The fourth-order valence-corrected chi connectivity index (χ4v) is 3.33. The van der Waals surface area contributed by atoms with Crippen molar-refractivity contribution in [2.24, 2.45) is 5.92 Å². The lowest BCUT2D eigenvalue weighted by atomic mass is 10.0. The molecule has 1 aromatic rings. The van der Waals surface area contributed by atoms with E-state index in [4.69, 9.17) is 0 Å². The summed E-state index contributed by atoms with van der Waals surface area (Å²) in [6.07, 6.45) is 2.40. The van der Waals surface area contributed by atoms with E-state index < -0.39 is 0 Å². The Morgan fingerprint density at radius 3 is 2.26 bits per heavy atom. The van der Waals surface area contributed by atoms with E-state index in [2.05, 4.69) is 69.0 Å². The summed E-state index contributed by atoms with van der Waals surface area (Å²) >= 11 is 2.08. The second-order valence-electron chi connectivity index (χ2n) is 5.26. The van der Waals surface area contributed by atoms with Crippen molar-refractivity contribution in [2.45, 2.75) is 46.6 Å². The first-order valence-corrected chi connectivity index (χ1v) is 8.76. The highest BCUT2D eigenvalue weighted by Gasteiger charge is 2.11. The molecule has 1 rings (SSSR count). The van der Waals surface area contributed by atoms with Gasteiger partial charge >= 0.3 is 0 Å². The fraction of sp³-hybridized carbons (Fsp3) is 0.647. The lowest BCUT2D eigenvalue weighted by Crippen LogP contribution is -2.23. The van der Waals surface area contributed by atoms with Crippen LogP contribution in [0.3, 0.4) is 0 Å². The molecule has 0 saturated heterocycles. The summed E-state index contributed by atoms with van der Waals surface area (Å²) in [5.74, 6) is 3.27. The number of hydrogen-bond acceptors (Lipinski definition) is 2. The largest absolute Gasteiger partial charge is 0.310 e. The maximum absolute atomic E-state index is 3.61. The molecule has 0 saturated carbocycles. The van der Waals surface area contributed by atoms with Crippen LogP contribution in [-0.4, -0.2) is 18.1 Å². The van der Waals surface area contributed by atoms with Gasteiger partial charge in [0.1, 0.15) is 0 Å². The van der Waals surface area contributed by atoms with E-state index in [0.717, 1.165) is 18.9 Å². The third-order valence-corrected chi connectivity index (χ3v) is 5.00. The fourth-order valence-electron chi connectivity index (χ4n) is 2.01. The summed E-state index contributed by atoms with van der Waals surface area (Å²) in [5.41, 5.74) is 2.85. The van der Waals surface area contributed by atoms with Crippen LogP contribution in [0.25, 0.3) is 0 Å². The highest BCUT2D eigenvalue weighted by atomic mass is 32.2. The van der Waals surface area contributed by atoms with E-state index in [0.29, 0.717) is 6.04 Å². The van der Waals surface area contributed by atoms with Crippen molar-refractivity contribution in [3.05, 3.63) is 35.4 Å². The maximum Gasteiger partial charge on any atom is 0.0411 e. The van der Waals surface area contributed by atoms with Gasteiger partial charge in [0.25, 0.3) is 0 Å². The van der Waals surface area contributed by atoms with Gasteiger partial charge in [0.2, 0.25) is 0 Å². The molecule has 0 amide bonds. The van der Waals surface area contributed by atoms with Gasteiger partial charge in [-0.05, 0) is 35.8 Å². The molecule has 1 aromatic carbocycles. The van der Waals surface area contributed by atoms with Crippen LogP contribution in [0.1, 0.15) is 51.3 Å². The third kappa shape index (κ3) is 6.01. The van der Waals surface area contributed by atoms with E-state index in [9.17, 15) is 0 Å². The first kappa shape index (κ1) is 16.6. The summed E-state index contributed by atoms with van der Waals surface area (Å²) < 4.78 is 0. The second-order valence-corrected chi connectivity index (χ2v) is 6.33. The molecule has 108 valence electrons. The average molecular weight is 279 g/mol. The third-order valence-electron chi connectivity index (χ3n) is 3.62. The first-order valence-electron chi connectivity index (χ1n) is 7.61. The summed E-state index contributed by atoms with van der Waals surface area (Å²) in [6.45, 7) is 10.0. The normalized spacial score (nSPS) is 14.3. The molecule has 2 atom stereocenters. The molecule has 0 fully saturated rings. The van der Waals surface area contributed by atoms with Gasteiger partial charge in [-0.1, -0.05) is 58.4 Å². The van der Waals surface area contributed by atoms with Crippen LogP contribution in [0, 0.1) is 5.92 Å². The predicted molar refractivity (Wildman–Crippen MR) is 89.0 cm³/mol. The summed E-state index contributed by atoms with van der Waals surface area (Å²) in [4.78, 5) is 0. The molecule has 0 radical (unpaired) electrons. The van der Waals surface area contributed by atoms with Crippen molar-refractivity contribution in [1.82, 2.24) is 5.32 Å². The van der Waals surface area contributed by atoms with Crippen molar-refractivity contribution >= 4 is 11.8 Å². The zero-order valence-corrected chi connectivity index (χ0v) is 13.7. The van der Waals surface area contributed by atoms with E-state index in [1.54, 1.807) is 0 Å². The minimum atomic E-state index is 0.491. The highest BCUT2D eigenvalue weighted by molar-refractivity contribution is 7.99. The minimum absolute atomic E-state index is 0.491. The van der Waals surface area contributed by atoms with Crippen LogP contribution in [0.2, 0.25) is 0 Å². The Balaban J connectivity index is 2.55. The van der Waals surface area contributed by atoms with Crippen molar-refractivity contribution < 1.29 is 0 Å². The van der Waals surface area contributed by atoms with E-state index in [1.165, 1.54) is 29.1 Å². The zero-order valence-electron chi connectivity index (χ0n) is 12.9. The molecular formula is C17H29NS. The predicted octanol–water partition coefficient (Wildman–Crippen LogP) is 4.68. The van der Waals surface area contributed by atoms with Crippen LogP contribution >= 0.6 is 11.8 Å². The molecule has 19 heavy (non-hydrogen) atoms. The molecule has 0 aliphatic rings. The topological polar surface area (TPSA) is 12.0 Å². The van der Waals surface area contributed by atoms with Gasteiger partial charge in [-0.3, -0.25) is 0 Å². The maximum atomic E-state index is 3.61. The molecular weight excluding hydrogens is 250 g/mol. The van der Waals surface area contributed by atoms with Gasteiger partial charge in [0.15, 0.2) is 0 Å². The van der Waals surface area contributed by atoms with Crippen molar-refractivity contribution in [1.29, 1.82) is 0 Å². The number of thioether (sulfide) groups is 1. The molecule has 0 aliphatic heterocycles. The van der Waals surface area contributed by atoms with Crippen molar-refractivity contribution in [2.75, 3.05) is 18.1 Å². The van der Waals surface area contributed by atoms with E-state index in [1.807, 2.05) is 0 Å². The molecule has 2 heteroatoms. The van der Waals surface area contributed by atoms with Gasteiger partial charge in [0, 0.05) is 11.8 Å². The van der Waals surface area contributed by atoms with Gasteiger partial charge in [0.05, 0.1) is 0 Å². The highest BCUT2D eigenvalue weighted by Crippen LogP contribution is 2.21. The van der Waals surface area contributed by atoms with Crippen molar-refractivity contribution in [3.8, 4) is 0 Å². The smallest absolute Gasteiger partial charge is 0.0411 e. The van der Waals surface area contributed by atoms with Gasteiger partial charge < -0.3 is 5.32 Å². The van der Waals surface area contributed by atoms with E-state index >= 15 is 0 Å². The molecule has 2 unspecified atom stereocenters. The molecule has 0 aromatic heterocycles. The molecule has 1 nitrogen and oxygen atoms in total. The monoisotopic (exact) mass is 279 g/mol. The van der Waals surface area contributed by atoms with Gasteiger partial charge in [-0.2, -0.15) is 11.8 Å². The Morgan fingerprint density at radius 1 is 1.05 bits per heavy atom. The number of hydrogen-bond donors (Lipinski definition) is 1. The van der Waals surface area contributed by atoms with Crippen LogP contribution in [0.5, 0.6) is 0 Å². The number of benzene rings is 1. The average Bonchev–Trinajstić information content (AvgIpc) is 2.46. The van der Waals surface area contributed by atoms with E-state index in [-0.39, 0.29) is 0 Å². The zero-order chi connectivity index (χ0) is 14.1. The molecule has 0 spiro atoms. The summed E-state index contributed by atoms with van der Waals surface area (Å²) in [6, 6.07) is 9.59. The van der Waals surface area contributed by atoms with Crippen LogP contribution in [0.15, 0.2) is 24.3 Å². The SMILES string of the molecule is CCNC(CSCC(C)CC)c1ccc(CC)cc1. The van der Waals surface area contributed by atoms with Crippen LogP contribution in [0.4, 0.5) is 0 Å². The standard InChI is InChI=1S/C17H29NS/c1-5-14(4)12-19-13-17(18-7-3)16-10-8-15(6-2)9-11-16/h8-11,14,17-18H,5-7,12-13H2,1-4H3. The van der Waals surface area contributed by atoms with Gasteiger partial charge in [-0.25, -0.2) is 0 Å². The number of nitrogens with one attached hydrogen (secondary N) is 1. The Kier molecular flexibility index (Phi) is 8.24.